The summed E-state index contributed by atoms with van der Waals surface area (Å²) in [7, 11) is 0.165. The lowest BCUT2D eigenvalue weighted by Crippen LogP contribution is -2.24. The third-order valence-electron chi connectivity index (χ3n) is 2.59. The molecular weight excluding hydrogens is 284 g/mol. The molecule has 0 unspecified atom stereocenters. The Labute approximate surface area is 119 Å². The molecule has 0 aliphatic rings. The van der Waals surface area contributed by atoms with Gasteiger partial charge in [0.15, 0.2) is 0 Å². The summed E-state index contributed by atoms with van der Waals surface area (Å²) < 4.78 is 31.9. The Kier molecular flexibility index (Phi) is 7.55. The third-order valence-corrected chi connectivity index (χ3v) is 5.54. The van der Waals surface area contributed by atoms with Gasteiger partial charge in [0.25, 0.3) is 0 Å². The lowest BCUT2D eigenvalue weighted by molar-refractivity contribution is 0.192. The van der Waals surface area contributed by atoms with Crippen LogP contribution < -0.4 is 10.0 Å². The van der Waals surface area contributed by atoms with Gasteiger partial charge in [0.1, 0.15) is 4.21 Å². The van der Waals surface area contributed by atoms with Crippen molar-refractivity contribution in [2.75, 3.05) is 27.3 Å². The molecule has 0 aliphatic carbocycles. The fourth-order valence-electron chi connectivity index (χ4n) is 1.62. The van der Waals surface area contributed by atoms with Crippen LogP contribution in [0.2, 0.25) is 0 Å². The number of hydrogen-bond donors (Lipinski definition) is 2. The molecule has 0 bridgehead atoms. The van der Waals surface area contributed by atoms with Crippen LogP contribution in [0.5, 0.6) is 0 Å². The summed E-state index contributed by atoms with van der Waals surface area (Å²) in [5.74, 6) is 0. The SMILES string of the molecule is CNCc1csc(S(=O)(=O)NCCCCCOC)c1. The van der Waals surface area contributed by atoms with E-state index in [1.54, 1.807) is 13.2 Å². The zero-order valence-electron chi connectivity index (χ0n) is 11.4. The van der Waals surface area contributed by atoms with Gasteiger partial charge < -0.3 is 10.1 Å². The van der Waals surface area contributed by atoms with Crippen LogP contribution in [-0.2, 0) is 21.3 Å². The predicted octanol–water partition coefficient (Wildman–Crippen LogP) is 1.56. The maximum absolute atomic E-state index is 12.0. The Morgan fingerprint density at radius 2 is 2.11 bits per heavy atom. The minimum absolute atomic E-state index is 0.384. The Morgan fingerprint density at radius 3 is 2.79 bits per heavy atom. The number of hydrogen-bond acceptors (Lipinski definition) is 5. The van der Waals surface area contributed by atoms with Gasteiger partial charge in [0, 0.05) is 26.8 Å². The van der Waals surface area contributed by atoms with Gasteiger partial charge in [-0.3, -0.25) is 0 Å². The molecule has 1 heterocycles. The van der Waals surface area contributed by atoms with Crippen LogP contribution in [0.4, 0.5) is 0 Å². The van der Waals surface area contributed by atoms with Crippen LogP contribution in [0, 0.1) is 0 Å². The smallest absolute Gasteiger partial charge is 0.250 e. The minimum atomic E-state index is -3.34. The average Bonchev–Trinajstić information content (AvgIpc) is 2.83. The number of unbranched alkanes of at least 4 members (excludes halogenated alkanes) is 2. The number of rotatable bonds is 10. The van der Waals surface area contributed by atoms with E-state index < -0.39 is 10.0 Å². The van der Waals surface area contributed by atoms with Gasteiger partial charge in [-0.15, -0.1) is 11.3 Å². The standard InChI is InChI=1S/C12H22N2O3S2/c1-13-9-11-8-12(18-10-11)19(15,16)14-6-4-3-5-7-17-2/h8,10,13-14H,3-7,9H2,1-2H3. The second-order valence-electron chi connectivity index (χ2n) is 4.26. The normalized spacial score (nSPS) is 11.9. The molecule has 0 radical (unpaired) electrons. The summed E-state index contributed by atoms with van der Waals surface area (Å²) in [5, 5.41) is 4.86. The molecule has 2 N–H and O–H groups in total. The molecule has 0 aromatic carbocycles. The van der Waals surface area contributed by atoms with Crippen LogP contribution >= 0.6 is 11.3 Å². The van der Waals surface area contributed by atoms with E-state index in [1.165, 1.54) is 11.3 Å². The van der Waals surface area contributed by atoms with Crippen molar-refractivity contribution in [2.45, 2.75) is 30.0 Å². The van der Waals surface area contributed by atoms with Gasteiger partial charge in [-0.25, -0.2) is 13.1 Å². The van der Waals surface area contributed by atoms with Crippen LogP contribution in [-0.4, -0.2) is 35.7 Å². The van der Waals surface area contributed by atoms with E-state index >= 15 is 0 Å². The highest BCUT2D eigenvalue weighted by molar-refractivity contribution is 7.91. The summed E-state index contributed by atoms with van der Waals surface area (Å²) in [5.41, 5.74) is 0.993. The highest BCUT2D eigenvalue weighted by Gasteiger charge is 2.15. The summed E-state index contributed by atoms with van der Waals surface area (Å²) in [6.45, 7) is 1.89. The maximum Gasteiger partial charge on any atom is 0.250 e. The van der Waals surface area contributed by atoms with Gasteiger partial charge >= 0.3 is 0 Å². The molecule has 1 rings (SSSR count). The van der Waals surface area contributed by atoms with E-state index in [0.29, 0.717) is 17.3 Å². The second-order valence-corrected chi connectivity index (χ2v) is 7.16. The first-order valence-electron chi connectivity index (χ1n) is 6.31. The predicted molar refractivity (Wildman–Crippen MR) is 78.0 cm³/mol. The van der Waals surface area contributed by atoms with Crippen molar-refractivity contribution in [3.05, 3.63) is 17.0 Å². The second kappa shape index (κ2) is 8.65. The van der Waals surface area contributed by atoms with Crippen molar-refractivity contribution in [2.24, 2.45) is 0 Å². The lowest BCUT2D eigenvalue weighted by Gasteiger charge is -2.04. The molecule has 0 aliphatic heterocycles. The van der Waals surface area contributed by atoms with Crippen molar-refractivity contribution >= 4 is 21.4 Å². The summed E-state index contributed by atoms with van der Waals surface area (Å²) in [6.07, 6.45) is 2.76. The highest BCUT2D eigenvalue weighted by atomic mass is 32.2. The van der Waals surface area contributed by atoms with E-state index in [-0.39, 0.29) is 0 Å². The number of methoxy groups -OCH3 is 1. The zero-order chi connectivity index (χ0) is 14.1. The van der Waals surface area contributed by atoms with Gasteiger partial charge in [-0.05, 0) is 43.3 Å². The maximum atomic E-state index is 12.0. The topological polar surface area (TPSA) is 67.4 Å². The minimum Gasteiger partial charge on any atom is -0.385 e. The van der Waals surface area contributed by atoms with Crippen molar-refractivity contribution in [3.63, 3.8) is 0 Å². The molecule has 110 valence electrons. The van der Waals surface area contributed by atoms with Crippen molar-refractivity contribution < 1.29 is 13.2 Å². The summed E-state index contributed by atoms with van der Waals surface area (Å²) in [6, 6.07) is 1.72. The first-order valence-corrected chi connectivity index (χ1v) is 8.67. The summed E-state index contributed by atoms with van der Waals surface area (Å²) in [4.78, 5) is 0. The molecule has 7 heteroatoms. The van der Waals surface area contributed by atoms with E-state index in [2.05, 4.69) is 10.0 Å². The molecule has 1 aromatic rings. The van der Waals surface area contributed by atoms with Crippen molar-refractivity contribution in [1.82, 2.24) is 10.0 Å². The van der Waals surface area contributed by atoms with Crippen LogP contribution in [0.15, 0.2) is 15.7 Å². The van der Waals surface area contributed by atoms with Crippen molar-refractivity contribution in [1.29, 1.82) is 0 Å². The van der Waals surface area contributed by atoms with Crippen molar-refractivity contribution in [3.8, 4) is 0 Å². The van der Waals surface area contributed by atoms with Gasteiger partial charge in [-0.2, -0.15) is 0 Å². The highest BCUT2D eigenvalue weighted by Crippen LogP contribution is 2.19. The average molecular weight is 306 g/mol. The first-order chi connectivity index (χ1) is 9.10. The molecule has 0 saturated heterocycles. The number of ether oxygens (including phenoxy) is 1. The number of nitrogens with one attached hydrogen (secondary N) is 2. The molecule has 0 amide bonds. The third kappa shape index (κ3) is 6.01. The molecule has 0 fully saturated rings. The van der Waals surface area contributed by atoms with E-state index in [4.69, 9.17) is 4.74 Å². The molecule has 0 saturated carbocycles. The van der Waals surface area contributed by atoms with Crippen LogP contribution in [0.25, 0.3) is 0 Å². The Morgan fingerprint density at radius 1 is 1.32 bits per heavy atom. The quantitative estimate of drug-likeness (QED) is 0.644. The Balaban J connectivity index is 2.38. The van der Waals surface area contributed by atoms with Gasteiger partial charge in [0.2, 0.25) is 10.0 Å². The molecule has 5 nitrogen and oxygen atoms in total. The van der Waals surface area contributed by atoms with Crippen LogP contribution in [0.3, 0.4) is 0 Å². The molecule has 0 atom stereocenters. The molecular formula is C12H22N2O3S2. The fraction of sp³-hybridized carbons (Fsp3) is 0.667. The van der Waals surface area contributed by atoms with E-state index in [0.717, 1.165) is 31.4 Å². The van der Waals surface area contributed by atoms with Gasteiger partial charge in [-0.1, -0.05) is 0 Å². The largest absolute Gasteiger partial charge is 0.385 e. The Hall–Kier alpha value is -0.470. The first kappa shape index (κ1) is 16.6. The Bertz CT molecular complexity index is 457. The number of sulfonamides is 1. The molecule has 1 aromatic heterocycles. The zero-order valence-corrected chi connectivity index (χ0v) is 13.1. The van der Waals surface area contributed by atoms with Crippen LogP contribution in [0.1, 0.15) is 24.8 Å². The van der Waals surface area contributed by atoms with Gasteiger partial charge in [0.05, 0.1) is 0 Å². The molecule has 0 spiro atoms. The molecule has 19 heavy (non-hydrogen) atoms. The monoisotopic (exact) mass is 306 g/mol. The number of thiophene rings is 1. The fourth-order valence-corrected chi connectivity index (χ4v) is 3.94. The van der Waals surface area contributed by atoms with E-state index in [9.17, 15) is 8.42 Å². The summed E-state index contributed by atoms with van der Waals surface area (Å²) >= 11 is 1.26. The van der Waals surface area contributed by atoms with E-state index in [1.807, 2.05) is 12.4 Å². The lowest BCUT2D eigenvalue weighted by atomic mass is 10.2.